The maximum absolute atomic E-state index is 10.2. The van der Waals surface area contributed by atoms with Crippen LogP contribution in [0, 0.1) is 0 Å². The van der Waals surface area contributed by atoms with Crippen molar-refractivity contribution in [3.05, 3.63) is 12.4 Å². The van der Waals surface area contributed by atoms with Gasteiger partial charge in [-0.25, -0.2) is 14.8 Å². The molecule has 6 heteroatoms. The topological polar surface area (TPSA) is 104 Å². The van der Waals surface area contributed by atoms with Gasteiger partial charge in [0.05, 0.1) is 12.4 Å². The fourth-order valence-corrected chi connectivity index (χ4v) is 0.482. The van der Waals surface area contributed by atoms with E-state index >= 15 is 0 Å². The molecule has 4 N–H and O–H groups in total. The van der Waals surface area contributed by atoms with Crippen LogP contribution >= 0.6 is 0 Å². The van der Waals surface area contributed by atoms with Crippen LogP contribution in [-0.2, 0) is 0 Å². The van der Waals surface area contributed by atoms with Crippen molar-refractivity contribution in [2.75, 3.05) is 5.73 Å². The summed E-state index contributed by atoms with van der Waals surface area (Å²) in [6, 6.07) is 0. The largest absolute Gasteiger partial charge is 0.411 e. The lowest BCUT2D eigenvalue weighted by molar-refractivity contribution is 0.209. The molecule has 1 heterocycles. The van der Waals surface area contributed by atoms with Gasteiger partial charge in [0.15, 0.2) is 0 Å². The molecule has 1 rings (SSSR count). The number of carbonyl (C=O) groups is 1. The molecule has 0 bridgehead atoms. The second kappa shape index (κ2) is 2.82. The van der Waals surface area contributed by atoms with Crippen molar-refractivity contribution in [3.8, 4) is 5.88 Å². The Hall–Kier alpha value is -1.85. The molecule has 0 saturated carbocycles. The van der Waals surface area contributed by atoms with Crippen molar-refractivity contribution in [2.45, 2.75) is 0 Å². The van der Waals surface area contributed by atoms with E-state index in [0.29, 0.717) is 0 Å². The van der Waals surface area contributed by atoms with Gasteiger partial charge in [0.25, 0.3) is 0 Å². The number of aromatic nitrogens is 2. The molecule has 0 aromatic carbocycles. The summed E-state index contributed by atoms with van der Waals surface area (Å²) in [5.74, 6) is 0.286. The van der Waals surface area contributed by atoms with Crippen LogP contribution in [0.4, 0.5) is 10.6 Å². The Kier molecular flexibility index (Phi) is 1.86. The quantitative estimate of drug-likeness (QED) is 0.568. The number of amides is 1. The van der Waals surface area contributed by atoms with E-state index in [2.05, 4.69) is 14.7 Å². The predicted molar refractivity (Wildman–Crippen MR) is 36.7 cm³/mol. The third-order valence-electron chi connectivity index (χ3n) is 0.853. The zero-order chi connectivity index (χ0) is 8.27. The van der Waals surface area contributed by atoms with E-state index in [1.165, 1.54) is 12.4 Å². The van der Waals surface area contributed by atoms with E-state index in [0.717, 1.165) is 0 Å². The SMILES string of the molecule is NC(=O)Oc1cnc(N)cn1. The fraction of sp³-hybridized carbons (Fsp3) is 0. The Labute approximate surface area is 62.2 Å². The lowest BCUT2D eigenvalue weighted by Gasteiger charge is -1.97. The van der Waals surface area contributed by atoms with Gasteiger partial charge in [-0.05, 0) is 0 Å². The number of nitrogens with two attached hydrogens (primary N) is 2. The number of primary amides is 1. The van der Waals surface area contributed by atoms with Crippen LogP contribution in [0.3, 0.4) is 0 Å². The first kappa shape index (κ1) is 7.26. The maximum atomic E-state index is 10.2. The highest BCUT2D eigenvalue weighted by molar-refractivity contribution is 5.67. The molecule has 1 amide bonds. The minimum Gasteiger partial charge on any atom is -0.390 e. The highest BCUT2D eigenvalue weighted by Crippen LogP contribution is 2.03. The average Bonchev–Trinajstić information content (AvgIpc) is 1.93. The Morgan fingerprint density at radius 1 is 1.45 bits per heavy atom. The number of rotatable bonds is 1. The molecule has 58 valence electrons. The summed E-state index contributed by atoms with van der Waals surface area (Å²) in [5, 5.41) is 0. The van der Waals surface area contributed by atoms with Crippen LogP contribution in [0.5, 0.6) is 5.88 Å². The average molecular weight is 154 g/mol. The van der Waals surface area contributed by atoms with E-state index in [9.17, 15) is 4.79 Å². The molecule has 6 nitrogen and oxygen atoms in total. The first-order valence-corrected chi connectivity index (χ1v) is 2.73. The van der Waals surface area contributed by atoms with Gasteiger partial charge in [0, 0.05) is 0 Å². The third kappa shape index (κ3) is 2.09. The molecule has 0 unspecified atom stereocenters. The number of hydrogen-bond acceptors (Lipinski definition) is 5. The minimum atomic E-state index is -0.927. The van der Waals surface area contributed by atoms with Gasteiger partial charge >= 0.3 is 6.09 Å². The second-order valence-corrected chi connectivity index (χ2v) is 1.70. The minimum absolute atomic E-state index is 0.0340. The summed E-state index contributed by atoms with van der Waals surface area (Å²) in [4.78, 5) is 17.4. The smallest absolute Gasteiger partial charge is 0.390 e. The molecule has 0 saturated heterocycles. The molecule has 0 aliphatic heterocycles. The Balaban J connectivity index is 2.74. The molecular formula is C5H6N4O2. The van der Waals surface area contributed by atoms with Crippen LogP contribution in [0.25, 0.3) is 0 Å². The molecule has 0 aliphatic rings. The van der Waals surface area contributed by atoms with E-state index in [-0.39, 0.29) is 11.7 Å². The van der Waals surface area contributed by atoms with Gasteiger partial charge in [0.1, 0.15) is 5.82 Å². The van der Waals surface area contributed by atoms with Crippen LogP contribution < -0.4 is 16.2 Å². The molecule has 1 aromatic heterocycles. The maximum Gasteiger partial charge on any atom is 0.411 e. The number of anilines is 1. The Morgan fingerprint density at radius 2 is 2.18 bits per heavy atom. The van der Waals surface area contributed by atoms with E-state index in [1.54, 1.807) is 0 Å². The molecule has 11 heavy (non-hydrogen) atoms. The second-order valence-electron chi connectivity index (χ2n) is 1.70. The normalized spacial score (nSPS) is 9.09. The van der Waals surface area contributed by atoms with Crippen molar-refractivity contribution < 1.29 is 9.53 Å². The van der Waals surface area contributed by atoms with E-state index in [1.807, 2.05) is 0 Å². The molecule has 1 aromatic rings. The number of nitrogen functional groups attached to an aromatic ring is 1. The fourth-order valence-electron chi connectivity index (χ4n) is 0.482. The van der Waals surface area contributed by atoms with Gasteiger partial charge in [0.2, 0.25) is 5.88 Å². The Bertz CT molecular complexity index is 258. The number of carbonyl (C=O) groups excluding carboxylic acids is 1. The number of ether oxygens (including phenoxy) is 1. The van der Waals surface area contributed by atoms with E-state index in [4.69, 9.17) is 11.5 Å². The molecular weight excluding hydrogens is 148 g/mol. The van der Waals surface area contributed by atoms with Gasteiger partial charge in [-0.2, -0.15) is 0 Å². The lowest BCUT2D eigenvalue weighted by Crippen LogP contribution is -2.17. The molecule has 0 atom stereocenters. The van der Waals surface area contributed by atoms with Crippen LogP contribution in [0.2, 0.25) is 0 Å². The summed E-state index contributed by atoms with van der Waals surface area (Å²) in [6.07, 6.45) is 1.54. The summed E-state index contributed by atoms with van der Waals surface area (Å²) >= 11 is 0. The van der Waals surface area contributed by atoms with Gasteiger partial charge < -0.3 is 16.2 Å². The molecule has 0 radical (unpaired) electrons. The van der Waals surface area contributed by atoms with Crippen molar-refractivity contribution in [1.29, 1.82) is 0 Å². The van der Waals surface area contributed by atoms with E-state index < -0.39 is 6.09 Å². The summed E-state index contributed by atoms with van der Waals surface area (Å²) in [5.41, 5.74) is 9.91. The summed E-state index contributed by atoms with van der Waals surface area (Å²) < 4.78 is 4.38. The first-order chi connectivity index (χ1) is 5.18. The molecule has 0 aliphatic carbocycles. The van der Waals surface area contributed by atoms with Crippen molar-refractivity contribution in [3.63, 3.8) is 0 Å². The van der Waals surface area contributed by atoms with Gasteiger partial charge in [-0.1, -0.05) is 0 Å². The standard InChI is InChI=1S/C5H6N4O2/c6-3-1-9-4(2-8-3)11-5(7)10/h1-2H,(H2,6,8)(H2,7,10). The number of hydrogen-bond donors (Lipinski definition) is 2. The first-order valence-electron chi connectivity index (χ1n) is 2.73. The zero-order valence-corrected chi connectivity index (χ0v) is 5.52. The van der Waals surface area contributed by atoms with Gasteiger partial charge in [-0.15, -0.1) is 0 Å². The van der Waals surface area contributed by atoms with Crippen molar-refractivity contribution in [2.24, 2.45) is 5.73 Å². The molecule has 0 spiro atoms. The zero-order valence-electron chi connectivity index (χ0n) is 5.52. The monoisotopic (exact) mass is 154 g/mol. The Morgan fingerprint density at radius 3 is 2.64 bits per heavy atom. The van der Waals surface area contributed by atoms with Crippen LogP contribution in [-0.4, -0.2) is 16.1 Å². The van der Waals surface area contributed by atoms with Crippen molar-refractivity contribution >= 4 is 11.9 Å². The summed E-state index contributed by atoms with van der Waals surface area (Å²) in [6.45, 7) is 0. The number of nitrogens with zero attached hydrogens (tertiary/aromatic N) is 2. The lowest BCUT2D eigenvalue weighted by atomic mass is 10.7. The highest BCUT2D eigenvalue weighted by atomic mass is 16.6. The third-order valence-corrected chi connectivity index (χ3v) is 0.853. The predicted octanol–water partition coefficient (Wildman–Crippen LogP) is -0.484. The van der Waals surface area contributed by atoms with Crippen molar-refractivity contribution in [1.82, 2.24) is 9.97 Å². The van der Waals surface area contributed by atoms with Crippen LogP contribution in [0.15, 0.2) is 12.4 Å². The molecule has 0 fully saturated rings. The summed E-state index contributed by atoms with van der Waals surface area (Å²) in [7, 11) is 0. The van der Waals surface area contributed by atoms with Crippen LogP contribution in [0.1, 0.15) is 0 Å². The highest BCUT2D eigenvalue weighted by Gasteiger charge is 1.98. The van der Waals surface area contributed by atoms with Gasteiger partial charge in [-0.3, -0.25) is 0 Å².